The second-order valence-corrected chi connectivity index (χ2v) is 19.1. The van der Waals surface area contributed by atoms with Crippen molar-refractivity contribution in [3.05, 3.63) is 4.94 Å². The molecule has 1 nitrogen and oxygen atoms in total. The van der Waals surface area contributed by atoms with Crippen LogP contribution in [0.3, 0.4) is 0 Å². The molecular weight excluding hydrogens is 263 g/mol. The van der Waals surface area contributed by atoms with Crippen LogP contribution in [-0.2, 0) is 16.6 Å². The van der Waals surface area contributed by atoms with E-state index in [4.69, 9.17) is 11.8 Å². The molecule has 0 N–H and O–H groups in total. The fraction of sp³-hybridized carbons (Fsp3) is 0.846. The molecule has 0 spiro atoms. The molecule has 0 aromatic rings. The fourth-order valence-electron chi connectivity index (χ4n) is 2.37. The third-order valence-electron chi connectivity index (χ3n) is 3.01. The van der Waals surface area contributed by atoms with Gasteiger partial charge in [-0.15, -0.1) is 0 Å². The van der Waals surface area contributed by atoms with Crippen LogP contribution in [0.2, 0.25) is 19.6 Å². The van der Waals surface area contributed by atoms with E-state index in [-0.39, 0.29) is 10.3 Å². The van der Waals surface area contributed by atoms with Crippen molar-refractivity contribution in [2.45, 2.75) is 71.5 Å². The Morgan fingerprint density at radius 3 is 1.35 bits per heavy atom. The minimum atomic E-state index is -1.93. The van der Waals surface area contributed by atoms with Crippen LogP contribution in [0.5, 0.6) is 0 Å². The summed E-state index contributed by atoms with van der Waals surface area (Å²) in [4.78, 5) is 12.5. The average Bonchev–Trinajstić information content (AvgIpc) is 1.97. The first-order chi connectivity index (χ1) is 7.19. The van der Waals surface area contributed by atoms with E-state index in [0.717, 1.165) is 4.94 Å². The second-order valence-electron chi connectivity index (χ2n) is 7.65. The van der Waals surface area contributed by atoms with E-state index in [1.807, 2.05) is 0 Å². The molecule has 0 saturated carbocycles. The number of hydrogen-bond donors (Lipinski definition) is 0. The average molecular weight is 290 g/mol. The van der Waals surface area contributed by atoms with E-state index < -0.39 is 14.1 Å². The van der Waals surface area contributed by atoms with Crippen molar-refractivity contribution in [2.75, 3.05) is 0 Å². The predicted octanol–water partition coefficient (Wildman–Crippen LogP) is 4.66. The maximum absolute atomic E-state index is 11.5. The van der Waals surface area contributed by atoms with Gasteiger partial charge in [-0.05, 0) is 16.3 Å². The van der Waals surface area contributed by atoms with Gasteiger partial charge in [-0.3, -0.25) is 0 Å². The van der Waals surface area contributed by atoms with Crippen LogP contribution in [0.4, 0.5) is 0 Å². The Labute approximate surface area is 113 Å². The lowest BCUT2D eigenvalue weighted by Gasteiger charge is -2.48. The molecule has 0 aromatic carbocycles. The van der Waals surface area contributed by atoms with Crippen LogP contribution < -0.4 is 0 Å². The lowest BCUT2D eigenvalue weighted by Crippen LogP contribution is -2.37. The maximum atomic E-state index is 11.5. The minimum Gasteiger partial charge on any atom is -0.234 e. The lowest BCUT2D eigenvalue weighted by atomic mass is 10.2. The molecule has 0 unspecified atom stereocenters. The third-order valence-corrected chi connectivity index (χ3v) is 16.4. The Morgan fingerprint density at radius 1 is 1.00 bits per heavy atom. The van der Waals surface area contributed by atoms with Gasteiger partial charge in [0.15, 0.2) is 0 Å². The first kappa shape index (κ1) is 17.3. The molecule has 0 heterocycles. The Hall–Kier alpha value is 0.317. The fourth-order valence-corrected chi connectivity index (χ4v) is 14.5. The standard InChI is InChI=1S/C13H27OPSSi/c1-12(2,3)15(16,13(4,5)6)11(10-14)17(7,8)9/h1-9H3. The molecule has 0 saturated heterocycles. The summed E-state index contributed by atoms with van der Waals surface area (Å²) in [6, 6.07) is -1.93. The van der Waals surface area contributed by atoms with Gasteiger partial charge in [0.05, 0.1) is 8.07 Å². The van der Waals surface area contributed by atoms with Crippen LogP contribution in [0, 0.1) is 0 Å². The first-order valence-corrected chi connectivity index (χ1v) is 12.4. The first-order valence-electron chi connectivity index (χ1n) is 6.06. The molecule has 17 heavy (non-hydrogen) atoms. The molecule has 0 fully saturated rings. The largest absolute Gasteiger partial charge is 0.234 e. The van der Waals surface area contributed by atoms with Gasteiger partial charge >= 0.3 is 0 Å². The number of carbonyl (C=O) groups excluding carboxylic acids is 1. The van der Waals surface area contributed by atoms with Gasteiger partial charge in [0.25, 0.3) is 0 Å². The van der Waals surface area contributed by atoms with Crippen molar-refractivity contribution in [1.82, 2.24) is 0 Å². The summed E-state index contributed by atoms with van der Waals surface area (Å²) in [5.74, 6) is 2.27. The Balaban J connectivity index is 6.24. The third kappa shape index (κ3) is 3.20. The van der Waals surface area contributed by atoms with Crippen LogP contribution in [-0.4, -0.2) is 24.3 Å². The summed E-state index contributed by atoms with van der Waals surface area (Å²) in [6.45, 7) is 19.7. The van der Waals surface area contributed by atoms with Gasteiger partial charge < -0.3 is 0 Å². The molecule has 0 radical (unpaired) electrons. The summed E-state index contributed by atoms with van der Waals surface area (Å²) < 4.78 is 0. The van der Waals surface area contributed by atoms with Crippen molar-refractivity contribution in [3.63, 3.8) is 0 Å². The van der Waals surface area contributed by atoms with Gasteiger partial charge in [-0.1, -0.05) is 73.0 Å². The van der Waals surface area contributed by atoms with Gasteiger partial charge in [-0.25, -0.2) is 4.79 Å². The molecule has 0 amide bonds. The summed E-state index contributed by atoms with van der Waals surface area (Å²) in [7, 11) is -1.70. The van der Waals surface area contributed by atoms with E-state index in [1.165, 1.54) is 0 Å². The van der Waals surface area contributed by atoms with Crippen LogP contribution >= 0.6 is 6.04 Å². The second kappa shape index (κ2) is 4.77. The van der Waals surface area contributed by atoms with Gasteiger partial charge in [0, 0.05) is 4.94 Å². The highest BCUT2D eigenvalue weighted by Gasteiger charge is 2.48. The molecule has 0 atom stereocenters. The molecule has 0 rings (SSSR count). The predicted molar refractivity (Wildman–Crippen MR) is 86.3 cm³/mol. The van der Waals surface area contributed by atoms with Crippen LogP contribution in [0.15, 0.2) is 4.94 Å². The summed E-state index contributed by atoms with van der Waals surface area (Å²) in [5.41, 5.74) is 0. The van der Waals surface area contributed by atoms with Crippen LogP contribution in [0.25, 0.3) is 0 Å². The highest BCUT2D eigenvalue weighted by molar-refractivity contribution is 8.19. The highest BCUT2D eigenvalue weighted by atomic mass is 32.4. The van der Waals surface area contributed by atoms with Gasteiger partial charge in [0.1, 0.15) is 5.94 Å². The zero-order valence-corrected chi connectivity index (χ0v) is 15.5. The molecule has 0 aliphatic carbocycles. The summed E-state index contributed by atoms with van der Waals surface area (Å²) in [6.07, 6.45) is 0. The van der Waals surface area contributed by atoms with Crippen LogP contribution in [0.1, 0.15) is 41.5 Å². The number of hydrogen-bond acceptors (Lipinski definition) is 2. The van der Waals surface area contributed by atoms with E-state index in [9.17, 15) is 4.79 Å². The molecule has 0 aliphatic heterocycles. The van der Waals surface area contributed by atoms with Crippen molar-refractivity contribution >= 4 is 31.9 Å². The van der Waals surface area contributed by atoms with Crippen molar-refractivity contribution < 1.29 is 4.79 Å². The minimum absolute atomic E-state index is 0.0202. The zero-order valence-electron chi connectivity index (χ0n) is 12.8. The lowest BCUT2D eigenvalue weighted by molar-refractivity contribution is 0.568. The monoisotopic (exact) mass is 290 g/mol. The highest BCUT2D eigenvalue weighted by Crippen LogP contribution is 2.73. The molecule has 0 bridgehead atoms. The normalized spacial score (nSPS) is 14.4. The zero-order chi connectivity index (χ0) is 14.3. The maximum Gasteiger partial charge on any atom is 0.124 e. The van der Waals surface area contributed by atoms with Crippen molar-refractivity contribution in [1.29, 1.82) is 0 Å². The molecular formula is C13H27OPSSi. The topological polar surface area (TPSA) is 17.1 Å². The molecule has 0 aliphatic rings. The molecule has 100 valence electrons. The SMILES string of the molecule is CC(C)(C)P(=S)(C(=C=O)[Si](C)(C)C)C(C)(C)C. The smallest absolute Gasteiger partial charge is 0.124 e. The van der Waals surface area contributed by atoms with E-state index in [1.54, 1.807) is 0 Å². The van der Waals surface area contributed by atoms with E-state index in [2.05, 4.69) is 67.1 Å². The Kier molecular flexibility index (Phi) is 4.86. The summed E-state index contributed by atoms with van der Waals surface area (Å²) in [5, 5.41) is -0.0405. The van der Waals surface area contributed by atoms with Gasteiger partial charge in [-0.2, -0.15) is 0 Å². The van der Waals surface area contributed by atoms with Crippen molar-refractivity contribution in [2.24, 2.45) is 0 Å². The van der Waals surface area contributed by atoms with Crippen molar-refractivity contribution in [3.8, 4) is 0 Å². The Morgan fingerprint density at radius 2 is 1.29 bits per heavy atom. The van der Waals surface area contributed by atoms with E-state index >= 15 is 0 Å². The Bertz CT molecular complexity index is 369. The number of rotatable bonds is 2. The van der Waals surface area contributed by atoms with E-state index in [0.29, 0.717) is 0 Å². The molecule has 4 heteroatoms. The quantitative estimate of drug-likeness (QED) is 0.418. The molecule has 0 aromatic heterocycles. The summed E-state index contributed by atoms with van der Waals surface area (Å²) >= 11 is 6.09. The van der Waals surface area contributed by atoms with Gasteiger partial charge in [0.2, 0.25) is 0 Å².